The van der Waals surface area contributed by atoms with Gasteiger partial charge in [-0.1, -0.05) is 12.1 Å². The summed E-state index contributed by atoms with van der Waals surface area (Å²) in [5.74, 6) is -0.674. The Labute approximate surface area is 195 Å². The Balaban J connectivity index is 1.52. The molecule has 5 nitrogen and oxygen atoms in total. The first kappa shape index (κ1) is 24.6. The molecule has 1 amide bonds. The number of aromatic nitrogens is 1. The highest BCUT2D eigenvalue weighted by molar-refractivity contribution is 5.95. The van der Waals surface area contributed by atoms with E-state index in [4.69, 9.17) is 4.74 Å². The Morgan fingerprint density at radius 1 is 1.09 bits per heavy atom. The van der Waals surface area contributed by atoms with Crippen molar-refractivity contribution in [2.75, 3.05) is 7.11 Å². The number of ether oxygens (including phenoxy) is 1. The predicted molar refractivity (Wildman–Crippen MR) is 116 cm³/mol. The van der Waals surface area contributed by atoms with Gasteiger partial charge in [-0.25, -0.2) is 4.39 Å². The lowest BCUT2D eigenvalue weighted by Gasteiger charge is -2.42. The monoisotopic (exact) mass is 480 g/mol. The van der Waals surface area contributed by atoms with Crippen molar-refractivity contribution < 1.29 is 32.2 Å². The van der Waals surface area contributed by atoms with Gasteiger partial charge in [0.15, 0.2) is 5.60 Å². The van der Waals surface area contributed by atoms with Gasteiger partial charge >= 0.3 is 6.18 Å². The number of hydrogen-bond donors (Lipinski definition) is 1. The number of hydrogen-bond acceptors (Lipinski definition) is 4. The van der Waals surface area contributed by atoms with Crippen LogP contribution in [-0.4, -0.2) is 46.3 Å². The number of rotatable bonds is 6. The maximum absolute atomic E-state index is 14.4. The van der Waals surface area contributed by atoms with Crippen LogP contribution in [0, 0.1) is 5.82 Å². The number of aliphatic hydroxyl groups is 1. The number of alkyl halides is 3. The SMILES string of the molecule is COC1(c2ncccc2F)CCC(N(C(=O)c2ccc([C@](C)(O)C(F)(F)F)cc2)C2CC2)CC1. The van der Waals surface area contributed by atoms with E-state index in [0.717, 1.165) is 25.0 Å². The number of carbonyl (C=O) groups excluding carboxylic acids is 1. The zero-order valence-corrected chi connectivity index (χ0v) is 19.1. The summed E-state index contributed by atoms with van der Waals surface area (Å²) in [4.78, 5) is 19.4. The quantitative estimate of drug-likeness (QED) is 0.586. The minimum atomic E-state index is -4.83. The van der Waals surface area contributed by atoms with Gasteiger partial charge in [-0.15, -0.1) is 0 Å². The Morgan fingerprint density at radius 3 is 2.18 bits per heavy atom. The highest BCUT2D eigenvalue weighted by atomic mass is 19.4. The third-order valence-electron chi connectivity index (χ3n) is 7.16. The molecule has 34 heavy (non-hydrogen) atoms. The van der Waals surface area contributed by atoms with Gasteiger partial charge in [0.05, 0.1) is 0 Å². The van der Waals surface area contributed by atoms with Gasteiger partial charge in [-0.3, -0.25) is 9.78 Å². The molecule has 4 rings (SSSR count). The van der Waals surface area contributed by atoms with E-state index in [1.54, 1.807) is 0 Å². The van der Waals surface area contributed by atoms with E-state index in [2.05, 4.69) is 4.98 Å². The van der Waals surface area contributed by atoms with Crippen molar-refractivity contribution in [3.8, 4) is 0 Å². The van der Waals surface area contributed by atoms with Crippen molar-refractivity contribution in [1.82, 2.24) is 9.88 Å². The molecule has 2 aliphatic carbocycles. The molecule has 2 saturated carbocycles. The van der Waals surface area contributed by atoms with Crippen LogP contribution in [0.25, 0.3) is 0 Å². The van der Waals surface area contributed by atoms with Crippen LogP contribution < -0.4 is 0 Å². The molecule has 9 heteroatoms. The molecule has 0 radical (unpaired) electrons. The Hall–Kier alpha value is -2.52. The molecule has 1 heterocycles. The van der Waals surface area contributed by atoms with Crippen LogP contribution in [-0.2, 0) is 15.9 Å². The topological polar surface area (TPSA) is 62.7 Å². The minimum absolute atomic E-state index is 0.0806. The van der Waals surface area contributed by atoms with Gasteiger partial charge in [0.25, 0.3) is 5.91 Å². The number of carbonyl (C=O) groups is 1. The lowest BCUT2D eigenvalue weighted by Crippen LogP contribution is -2.47. The third kappa shape index (κ3) is 4.43. The number of pyridine rings is 1. The Kier molecular flexibility index (Phi) is 6.46. The van der Waals surface area contributed by atoms with Crippen LogP contribution in [0.1, 0.15) is 67.1 Å². The van der Waals surface area contributed by atoms with Crippen LogP contribution in [0.5, 0.6) is 0 Å². The fraction of sp³-hybridized carbons (Fsp3) is 0.520. The largest absolute Gasteiger partial charge is 0.421 e. The number of nitrogens with zero attached hydrogens (tertiary/aromatic N) is 2. The average molecular weight is 481 g/mol. The van der Waals surface area contributed by atoms with Crippen molar-refractivity contribution in [3.05, 3.63) is 65.2 Å². The standard InChI is InChI=1S/C25H28F4N2O3/c1-23(33,25(27,28)29)17-7-5-16(6-8-17)22(32)31(18-9-10-18)19-11-13-24(34-2,14-12-19)21-20(26)4-3-15-30-21/h3-8,15,18-19,33H,9-14H2,1-2H3/t19?,23-,24?/m0/s1. The summed E-state index contributed by atoms with van der Waals surface area (Å²) in [7, 11) is 1.54. The smallest absolute Gasteiger partial charge is 0.376 e. The second kappa shape index (κ2) is 8.92. The highest BCUT2D eigenvalue weighted by Crippen LogP contribution is 2.44. The first-order valence-corrected chi connectivity index (χ1v) is 11.4. The molecule has 2 aliphatic rings. The molecule has 0 unspecified atom stereocenters. The van der Waals surface area contributed by atoms with Crippen molar-refractivity contribution in [3.63, 3.8) is 0 Å². The van der Waals surface area contributed by atoms with Crippen molar-refractivity contribution >= 4 is 5.91 Å². The Bertz CT molecular complexity index is 1030. The number of benzene rings is 1. The number of methoxy groups -OCH3 is 1. The molecular weight excluding hydrogens is 452 g/mol. The molecule has 1 atom stereocenters. The average Bonchev–Trinajstić information content (AvgIpc) is 3.64. The van der Waals surface area contributed by atoms with E-state index >= 15 is 0 Å². The zero-order chi connectivity index (χ0) is 24.7. The van der Waals surface area contributed by atoms with Crippen molar-refractivity contribution in [2.45, 2.75) is 74.9 Å². The molecule has 2 fully saturated rings. The summed E-state index contributed by atoms with van der Waals surface area (Å²) in [6.45, 7) is 0.689. The van der Waals surface area contributed by atoms with Gasteiger partial charge in [-0.05, 0) is 75.3 Å². The minimum Gasteiger partial charge on any atom is -0.376 e. The molecule has 184 valence electrons. The van der Waals surface area contributed by atoms with Gasteiger partial charge in [0.2, 0.25) is 0 Å². The second-order valence-electron chi connectivity index (χ2n) is 9.35. The van der Waals surface area contributed by atoms with E-state index in [1.807, 2.05) is 4.90 Å². The maximum Gasteiger partial charge on any atom is 0.421 e. The van der Waals surface area contributed by atoms with E-state index < -0.39 is 23.2 Å². The van der Waals surface area contributed by atoms with Crippen molar-refractivity contribution in [1.29, 1.82) is 0 Å². The first-order chi connectivity index (χ1) is 16.0. The van der Waals surface area contributed by atoms with E-state index in [1.165, 1.54) is 37.6 Å². The van der Waals surface area contributed by atoms with E-state index in [0.29, 0.717) is 32.6 Å². The summed E-state index contributed by atoms with van der Waals surface area (Å²) in [6.07, 6.45) is 0.603. The highest BCUT2D eigenvalue weighted by Gasteiger charge is 2.51. The fourth-order valence-corrected chi connectivity index (χ4v) is 4.84. The lowest BCUT2D eigenvalue weighted by atomic mass is 9.78. The Morgan fingerprint density at radius 2 is 1.68 bits per heavy atom. The molecule has 1 aromatic heterocycles. The summed E-state index contributed by atoms with van der Waals surface area (Å²) in [5.41, 5.74) is -3.64. The third-order valence-corrected chi connectivity index (χ3v) is 7.16. The normalized spacial score (nSPS) is 25.0. The molecule has 0 aliphatic heterocycles. The van der Waals surface area contributed by atoms with E-state index in [-0.39, 0.29) is 34.8 Å². The van der Waals surface area contributed by atoms with Crippen LogP contribution >= 0.6 is 0 Å². The summed E-state index contributed by atoms with van der Waals surface area (Å²) in [6, 6.07) is 7.83. The second-order valence-corrected chi connectivity index (χ2v) is 9.35. The van der Waals surface area contributed by atoms with Crippen LogP contribution in [0.15, 0.2) is 42.6 Å². The summed E-state index contributed by atoms with van der Waals surface area (Å²) >= 11 is 0. The van der Waals surface area contributed by atoms with Gasteiger partial charge in [0.1, 0.15) is 17.1 Å². The summed E-state index contributed by atoms with van der Waals surface area (Å²) < 4.78 is 59.6. The van der Waals surface area contributed by atoms with Crippen molar-refractivity contribution in [2.24, 2.45) is 0 Å². The van der Waals surface area contributed by atoms with Crippen LogP contribution in [0.2, 0.25) is 0 Å². The van der Waals surface area contributed by atoms with Gasteiger partial charge in [-0.2, -0.15) is 13.2 Å². The summed E-state index contributed by atoms with van der Waals surface area (Å²) in [5, 5.41) is 9.89. The van der Waals surface area contributed by atoms with Crippen LogP contribution in [0.4, 0.5) is 17.6 Å². The number of halogens is 4. The molecule has 2 aromatic rings. The maximum atomic E-state index is 14.4. The number of amides is 1. The molecule has 0 bridgehead atoms. The zero-order valence-electron chi connectivity index (χ0n) is 19.1. The first-order valence-electron chi connectivity index (χ1n) is 11.4. The molecular formula is C25H28F4N2O3. The van der Waals surface area contributed by atoms with Crippen LogP contribution in [0.3, 0.4) is 0 Å². The van der Waals surface area contributed by atoms with E-state index in [9.17, 15) is 27.5 Å². The predicted octanol–water partition coefficient (Wildman–Crippen LogP) is 5.08. The van der Waals surface area contributed by atoms with Gasteiger partial charge in [0, 0.05) is 31.0 Å². The molecule has 0 saturated heterocycles. The molecule has 1 aromatic carbocycles. The molecule has 0 spiro atoms. The lowest BCUT2D eigenvalue weighted by molar-refractivity contribution is -0.258. The van der Waals surface area contributed by atoms with Gasteiger partial charge < -0.3 is 14.7 Å². The fourth-order valence-electron chi connectivity index (χ4n) is 4.84. The molecule has 1 N–H and O–H groups in total.